The Morgan fingerprint density at radius 1 is 1.00 bits per heavy atom. The normalized spacial score (nSPS) is 10.4. The summed E-state index contributed by atoms with van der Waals surface area (Å²) in [4.78, 5) is 36.2. The molecule has 0 aliphatic rings. The van der Waals surface area contributed by atoms with Gasteiger partial charge >= 0.3 is 11.9 Å². The van der Waals surface area contributed by atoms with Crippen molar-refractivity contribution in [3.8, 4) is 0 Å². The molecule has 1 aromatic rings. The Kier molecular flexibility index (Phi) is 8.65. The lowest BCUT2D eigenvalue weighted by atomic mass is 10.1. The molecule has 1 N–H and O–H groups in total. The number of amides is 1. The summed E-state index contributed by atoms with van der Waals surface area (Å²) >= 11 is 0. The van der Waals surface area contributed by atoms with Gasteiger partial charge in [0, 0.05) is 7.11 Å². The number of aryl methyl sites for hydroxylation is 1. The largest absolute Gasteiger partial charge is 0.462 e. The van der Waals surface area contributed by atoms with Crippen molar-refractivity contribution < 1.29 is 37.7 Å². The molecule has 0 spiro atoms. The summed E-state index contributed by atoms with van der Waals surface area (Å²) in [7, 11) is 1.51. The quantitative estimate of drug-likeness (QED) is 0.495. The minimum atomic E-state index is -0.794. The fourth-order valence-corrected chi connectivity index (χ4v) is 1.95. The van der Waals surface area contributed by atoms with Crippen LogP contribution in [0, 0.1) is 6.92 Å². The Hall–Kier alpha value is -2.39. The minimum Gasteiger partial charge on any atom is -0.462 e. The van der Waals surface area contributed by atoms with Gasteiger partial charge in [-0.1, -0.05) is 0 Å². The van der Waals surface area contributed by atoms with Gasteiger partial charge in [0.25, 0.3) is 5.91 Å². The zero-order valence-electron chi connectivity index (χ0n) is 14.8. The molecule has 1 aromatic heterocycles. The average Bonchev–Trinajstić information content (AvgIpc) is 2.88. The molecule has 0 aliphatic carbocycles. The molecule has 1 heterocycles. The number of furan rings is 1. The molecule has 9 nitrogen and oxygen atoms in total. The molecule has 1 rings (SSSR count). The first-order valence-electron chi connectivity index (χ1n) is 7.80. The van der Waals surface area contributed by atoms with Gasteiger partial charge in [0.05, 0.1) is 26.4 Å². The van der Waals surface area contributed by atoms with Crippen molar-refractivity contribution in [3.63, 3.8) is 0 Å². The summed E-state index contributed by atoms with van der Waals surface area (Å²) in [5, 5.41) is 2.40. The smallest absolute Gasteiger partial charge is 0.344 e. The van der Waals surface area contributed by atoms with E-state index in [0.717, 1.165) is 0 Å². The second-order valence-electron chi connectivity index (χ2n) is 4.77. The zero-order valence-corrected chi connectivity index (χ0v) is 14.8. The number of carbonyl (C=O) groups is 3. The van der Waals surface area contributed by atoms with E-state index in [-0.39, 0.29) is 49.2 Å². The topological polar surface area (TPSA) is 113 Å². The minimum absolute atomic E-state index is 0.0732. The predicted molar refractivity (Wildman–Crippen MR) is 86.7 cm³/mol. The van der Waals surface area contributed by atoms with E-state index in [2.05, 4.69) is 5.32 Å². The first kappa shape index (κ1) is 20.7. The van der Waals surface area contributed by atoms with Crippen LogP contribution in [-0.4, -0.2) is 58.0 Å². The molecule has 0 bridgehead atoms. The molecule has 25 heavy (non-hydrogen) atoms. The number of esters is 2. The molecule has 0 saturated carbocycles. The second kappa shape index (κ2) is 10.5. The second-order valence-corrected chi connectivity index (χ2v) is 4.77. The van der Waals surface area contributed by atoms with Crippen molar-refractivity contribution in [2.45, 2.75) is 20.8 Å². The Bertz CT molecular complexity index is 608. The molecule has 1 amide bonds. The third kappa shape index (κ3) is 5.87. The highest BCUT2D eigenvalue weighted by molar-refractivity contribution is 6.09. The fourth-order valence-electron chi connectivity index (χ4n) is 1.95. The molecule has 0 unspecified atom stereocenters. The van der Waals surface area contributed by atoms with Crippen LogP contribution in [0.25, 0.3) is 0 Å². The number of ether oxygens (including phenoxy) is 4. The van der Waals surface area contributed by atoms with Crippen molar-refractivity contribution in [3.05, 3.63) is 16.9 Å². The van der Waals surface area contributed by atoms with E-state index in [1.807, 2.05) is 0 Å². The Balaban J connectivity index is 3.01. The molecule has 0 fully saturated rings. The number of hydrogen-bond acceptors (Lipinski definition) is 8. The van der Waals surface area contributed by atoms with Crippen LogP contribution in [0.2, 0.25) is 0 Å². The zero-order chi connectivity index (χ0) is 18.8. The van der Waals surface area contributed by atoms with E-state index in [1.165, 1.54) is 14.0 Å². The van der Waals surface area contributed by atoms with Gasteiger partial charge in [0.15, 0.2) is 0 Å². The van der Waals surface area contributed by atoms with Crippen LogP contribution in [0.5, 0.6) is 0 Å². The maximum atomic E-state index is 12.2. The van der Waals surface area contributed by atoms with Gasteiger partial charge in [-0.3, -0.25) is 10.1 Å². The highest BCUT2D eigenvalue weighted by atomic mass is 16.5. The summed E-state index contributed by atoms with van der Waals surface area (Å²) in [5.74, 6) is -2.12. The highest BCUT2D eigenvalue weighted by Gasteiger charge is 2.31. The first-order valence-corrected chi connectivity index (χ1v) is 7.80. The monoisotopic (exact) mass is 357 g/mol. The van der Waals surface area contributed by atoms with Crippen molar-refractivity contribution in [1.29, 1.82) is 0 Å². The van der Waals surface area contributed by atoms with Crippen LogP contribution >= 0.6 is 0 Å². The standard InChI is InChI=1S/C16H23NO8/c1-5-23-15(19)12-10(3)25-14(13(12)16(20)24-6-2)17-11(18)9-22-8-7-21-4/h5-9H2,1-4H3,(H,17,18). The van der Waals surface area contributed by atoms with Crippen LogP contribution in [0.15, 0.2) is 4.42 Å². The fraction of sp³-hybridized carbons (Fsp3) is 0.562. The molecule has 9 heteroatoms. The maximum Gasteiger partial charge on any atom is 0.344 e. The van der Waals surface area contributed by atoms with Gasteiger partial charge in [0.2, 0.25) is 5.88 Å². The lowest BCUT2D eigenvalue weighted by molar-refractivity contribution is -0.121. The van der Waals surface area contributed by atoms with Crippen molar-refractivity contribution in [2.24, 2.45) is 0 Å². The van der Waals surface area contributed by atoms with Gasteiger partial charge in [-0.2, -0.15) is 0 Å². The summed E-state index contributed by atoms with van der Waals surface area (Å²) in [6, 6.07) is 0. The molecule has 140 valence electrons. The molecule has 0 saturated heterocycles. The number of methoxy groups -OCH3 is 1. The van der Waals surface area contributed by atoms with E-state index >= 15 is 0 Å². The van der Waals surface area contributed by atoms with Gasteiger partial charge in [-0.15, -0.1) is 0 Å². The first-order chi connectivity index (χ1) is 12.0. The van der Waals surface area contributed by atoms with E-state index in [9.17, 15) is 14.4 Å². The maximum absolute atomic E-state index is 12.2. The predicted octanol–water partition coefficient (Wildman–Crippen LogP) is 1.54. The van der Waals surface area contributed by atoms with Crippen molar-refractivity contribution >= 4 is 23.7 Å². The summed E-state index contributed by atoms with van der Waals surface area (Å²) in [6.07, 6.45) is 0. The highest BCUT2D eigenvalue weighted by Crippen LogP contribution is 2.28. The summed E-state index contributed by atoms with van der Waals surface area (Å²) < 4.78 is 25.1. The van der Waals surface area contributed by atoms with Crippen molar-refractivity contribution in [1.82, 2.24) is 0 Å². The van der Waals surface area contributed by atoms with E-state index < -0.39 is 17.8 Å². The van der Waals surface area contributed by atoms with Gasteiger partial charge in [-0.05, 0) is 20.8 Å². The van der Waals surface area contributed by atoms with E-state index in [0.29, 0.717) is 6.61 Å². The van der Waals surface area contributed by atoms with Crippen LogP contribution in [0.4, 0.5) is 5.88 Å². The lowest BCUT2D eigenvalue weighted by Gasteiger charge is -2.07. The van der Waals surface area contributed by atoms with Crippen LogP contribution in [0.1, 0.15) is 40.3 Å². The van der Waals surface area contributed by atoms with Crippen LogP contribution in [-0.2, 0) is 23.7 Å². The lowest BCUT2D eigenvalue weighted by Crippen LogP contribution is -2.21. The van der Waals surface area contributed by atoms with E-state index in [4.69, 9.17) is 23.4 Å². The number of carbonyl (C=O) groups excluding carboxylic acids is 3. The van der Waals surface area contributed by atoms with Crippen LogP contribution in [0.3, 0.4) is 0 Å². The number of nitrogens with one attached hydrogen (secondary N) is 1. The number of rotatable bonds is 10. The Morgan fingerprint density at radius 3 is 2.16 bits per heavy atom. The van der Waals surface area contributed by atoms with Crippen molar-refractivity contribution in [2.75, 3.05) is 45.5 Å². The van der Waals surface area contributed by atoms with Gasteiger partial charge in [0.1, 0.15) is 23.5 Å². The van der Waals surface area contributed by atoms with Gasteiger partial charge < -0.3 is 23.4 Å². The average molecular weight is 357 g/mol. The third-order valence-corrected chi connectivity index (χ3v) is 2.96. The molecule has 0 aliphatic heterocycles. The number of anilines is 1. The summed E-state index contributed by atoms with van der Waals surface area (Å²) in [5.41, 5.74) is -0.251. The molecule has 0 radical (unpaired) electrons. The SMILES string of the molecule is CCOC(=O)c1c(C)oc(NC(=O)COCCOC)c1C(=O)OCC. The molecule has 0 atom stereocenters. The summed E-state index contributed by atoms with van der Waals surface area (Å²) in [6.45, 7) is 5.28. The van der Waals surface area contributed by atoms with Gasteiger partial charge in [-0.25, -0.2) is 9.59 Å². The number of hydrogen-bond donors (Lipinski definition) is 1. The molecular weight excluding hydrogens is 334 g/mol. The van der Waals surface area contributed by atoms with E-state index in [1.54, 1.807) is 13.8 Å². The Morgan fingerprint density at radius 2 is 1.60 bits per heavy atom. The Labute approximate surface area is 145 Å². The van der Waals surface area contributed by atoms with Crippen LogP contribution < -0.4 is 5.32 Å². The third-order valence-electron chi connectivity index (χ3n) is 2.96. The molecular formula is C16H23NO8. The molecule has 0 aromatic carbocycles.